The number of hydrogen-bond donors (Lipinski definition) is 0. The third-order valence-corrected chi connectivity index (χ3v) is 7.53. The number of hydrogen-bond acceptors (Lipinski definition) is 4. The van der Waals surface area contributed by atoms with Crippen molar-refractivity contribution in [3.05, 3.63) is 87.7 Å². The fourth-order valence-corrected chi connectivity index (χ4v) is 5.62. The largest absolute Gasteiger partial charge is 0.633 e. The summed E-state index contributed by atoms with van der Waals surface area (Å²) in [6.45, 7) is 10.4. The molecule has 0 aliphatic heterocycles. The topological polar surface area (TPSA) is 44.8 Å². The second-order valence-electron chi connectivity index (χ2n) is 11.5. The molecule has 0 saturated heterocycles. The Bertz CT molecular complexity index is 1110. The zero-order chi connectivity index (χ0) is 27.3. The number of hydroxylamine groups is 3. The van der Waals surface area contributed by atoms with Crippen molar-refractivity contribution >= 4 is 0 Å². The molecule has 0 amide bonds. The van der Waals surface area contributed by atoms with Gasteiger partial charge in [-0.15, -0.1) is 0 Å². The van der Waals surface area contributed by atoms with Gasteiger partial charge < -0.3 is 24.2 Å². The van der Waals surface area contributed by atoms with E-state index in [1.165, 1.54) is 27.8 Å². The van der Waals surface area contributed by atoms with E-state index < -0.39 is 0 Å². The molecule has 1 aliphatic carbocycles. The van der Waals surface area contributed by atoms with E-state index in [2.05, 4.69) is 81.9 Å². The SMILES string of the molecule is C=C(C)C1C(c2cc(CCN(C)C)ccc2OC)C=C(C)CC1c1cc(CC[N+](C)(C)[O-])ccc1OC. The molecule has 1 aliphatic rings. The van der Waals surface area contributed by atoms with Crippen molar-refractivity contribution in [2.75, 3.05) is 55.5 Å². The normalized spacial score (nSPS) is 20.1. The molecule has 2 aromatic carbocycles. The molecule has 0 N–H and O–H groups in total. The monoisotopic (exact) mass is 506 g/mol. The van der Waals surface area contributed by atoms with Gasteiger partial charge in [0.2, 0.25) is 0 Å². The van der Waals surface area contributed by atoms with Crippen LogP contribution in [0.15, 0.2) is 60.2 Å². The molecule has 0 aromatic heterocycles. The second-order valence-corrected chi connectivity index (χ2v) is 11.5. The molecule has 202 valence electrons. The number of rotatable bonds is 11. The summed E-state index contributed by atoms with van der Waals surface area (Å²) in [5.74, 6) is 2.38. The summed E-state index contributed by atoms with van der Waals surface area (Å²) in [7, 11) is 11.1. The van der Waals surface area contributed by atoms with E-state index in [0.717, 1.165) is 42.9 Å². The molecule has 3 rings (SSSR count). The summed E-state index contributed by atoms with van der Waals surface area (Å²) < 4.78 is 11.5. The molecule has 0 radical (unpaired) electrons. The lowest BCUT2D eigenvalue weighted by atomic mass is 9.65. The Morgan fingerprint density at radius 2 is 1.57 bits per heavy atom. The molecule has 0 spiro atoms. The predicted octanol–water partition coefficient (Wildman–Crippen LogP) is 6.33. The van der Waals surface area contributed by atoms with Crippen LogP contribution >= 0.6 is 0 Å². The molecule has 0 bridgehead atoms. The number of benzene rings is 2. The summed E-state index contributed by atoms with van der Waals surface area (Å²) in [5.41, 5.74) is 7.42. The number of methoxy groups -OCH3 is 2. The molecule has 5 nitrogen and oxygen atoms in total. The van der Waals surface area contributed by atoms with E-state index in [4.69, 9.17) is 9.47 Å². The van der Waals surface area contributed by atoms with Gasteiger partial charge in [0.1, 0.15) is 11.5 Å². The molecular formula is C32H46N2O3. The number of likely N-dealkylation sites (N-methyl/N-ethyl adjacent to an activating group) is 2. The zero-order valence-electron chi connectivity index (χ0n) is 24.1. The lowest BCUT2D eigenvalue weighted by Crippen LogP contribution is -2.34. The highest BCUT2D eigenvalue weighted by Gasteiger charge is 2.37. The van der Waals surface area contributed by atoms with Crippen molar-refractivity contribution in [1.82, 2.24) is 4.90 Å². The van der Waals surface area contributed by atoms with Gasteiger partial charge in [-0.25, -0.2) is 0 Å². The van der Waals surface area contributed by atoms with Gasteiger partial charge in [0.15, 0.2) is 0 Å². The van der Waals surface area contributed by atoms with Crippen LogP contribution in [-0.2, 0) is 12.8 Å². The highest BCUT2D eigenvalue weighted by molar-refractivity contribution is 5.48. The first-order chi connectivity index (χ1) is 17.4. The van der Waals surface area contributed by atoms with Crippen molar-refractivity contribution in [3.8, 4) is 11.5 Å². The predicted molar refractivity (Wildman–Crippen MR) is 154 cm³/mol. The molecule has 37 heavy (non-hydrogen) atoms. The maximum atomic E-state index is 12.2. The van der Waals surface area contributed by atoms with E-state index in [1.807, 2.05) is 0 Å². The maximum absolute atomic E-state index is 12.2. The minimum atomic E-state index is -0.299. The molecular weight excluding hydrogens is 460 g/mol. The molecule has 3 atom stereocenters. The summed E-state index contributed by atoms with van der Waals surface area (Å²) in [5, 5.41) is 12.2. The Morgan fingerprint density at radius 3 is 2.11 bits per heavy atom. The van der Waals surface area contributed by atoms with Crippen LogP contribution in [0.4, 0.5) is 0 Å². The zero-order valence-corrected chi connectivity index (χ0v) is 24.1. The first-order valence-electron chi connectivity index (χ1n) is 13.3. The average molecular weight is 507 g/mol. The van der Waals surface area contributed by atoms with Gasteiger partial charge in [0.25, 0.3) is 0 Å². The number of nitrogens with zero attached hydrogens (tertiary/aromatic N) is 2. The van der Waals surface area contributed by atoms with Gasteiger partial charge in [0.05, 0.1) is 34.9 Å². The summed E-state index contributed by atoms with van der Waals surface area (Å²) >= 11 is 0. The van der Waals surface area contributed by atoms with Crippen LogP contribution in [-0.4, -0.2) is 65.0 Å². The minimum absolute atomic E-state index is 0.149. The first-order valence-corrected chi connectivity index (χ1v) is 13.3. The quantitative estimate of drug-likeness (QED) is 0.203. The van der Waals surface area contributed by atoms with Crippen LogP contribution < -0.4 is 9.47 Å². The smallest absolute Gasteiger partial charge is 0.122 e. The number of quaternary nitrogens is 1. The molecule has 0 heterocycles. The standard InChI is InChI=1S/C32H46N2O3/c1-22(2)32-28(26-20-24(14-16-33(4)5)10-12-30(26)36-8)18-23(3)19-29(32)27-21-25(11-13-31(27)37-9)15-17-34(6,7)35/h10-13,18,20-21,28-29,32H,1,14-17,19H2,2-9H3. The van der Waals surface area contributed by atoms with Gasteiger partial charge >= 0.3 is 0 Å². The van der Waals surface area contributed by atoms with Crippen molar-refractivity contribution in [3.63, 3.8) is 0 Å². The van der Waals surface area contributed by atoms with E-state index in [9.17, 15) is 5.21 Å². The van der Waals surface area contributed by atoms with Gasteiger partial charge in [0, 0.05) is 24.4 Å². The summed E-state index contributed by atoms with van der Waals surface area (Å²) in [6, 6.07) is 13.0. The molecule has 0 fully saturated rings. The third-order valence-electron chi connectivity index (χ3n) is 7.53. The highest BCUT2D eigenvalue weighted by Crippen LogP contribution is 2.51. The van der Waals surface area contributed by atoms with E-state index in [0.29, 0.717) is 6.54 Å². The van der Waals surface area contributed by atoms with Crippen molar-refractivity contribution in [1.29, 1.82) is 0 Å². The third kappa shape index (κ3) is 7.47. The van der Waals surface area contributed by atoms with Crippen molar-refractivity contribution < 1.29 is 14.1 Å². The Labute approximate surface area is 224 Å². The summed E-state index contributed by atoms with van der Waals surface area (Å²) in [6.07, 6.45) is 5.08. The minimum Gasteiger partial charge on any atom is -0.633 e. The number of allylic oxidation sites excluding steroid dienone is 3. The van der Waals surface area contributed by atoms with Gasteiger partial charge in [-0.05, 0) is 81.4 Å². The van der Waals surface area contributed by atoms with Gasteiger partial charge in [-0.3, -0.25) is 0 Å². The number of ether oxygens (including phenoxy) is 2. The van der Waals surface area contributed by atoms with Crippen molar-refractivity contribution in [2.45, 2.75) is 44.9 Å². The lowest BCUT2D eigenvalue weighted by Gasteiger charge is -2.39. The Morgan fingerprint density at radius 1 is 1.00 bits per heavy atom. The van der Waals surface area contributed by atoms with Gasteiger partial charge in [-0.2, -0.15) is 0 Å². The molecule has 0 saturated carbocycles. The summed E-state index contributed by atoms with van der Waals surface area (Å²) in [4.78, 5) is 2.22. The lowest BCUT2D eigenvalue weighted by molar-refractivity contribution is -0.839. The molecule has 5 heteroatoms. The van der Waals surface area contributed by atoms with E-state index in [1.54, 1.807) is 28.3 Å². The second kappa shape index (κ2) is 12.3. The average Bonchev–Trinajstić information content (AvgIpc) is 2.84. The van der Waals surface area contributed by atoms with Crippen LogP contribution in [0.2, 0.25) is 0 Å². The first kappa shape index (κ1) is 29.0. The molecule has 2 aromatic rings. The van der Waals surface area contributed by atoms with Crippen LogP contribution in [0.25, 0.3) is 0 Å². The van der Waals surface area contributed by atoms with Crippen LogP contribution in [0.3, 0.4) is 0 Å². The highest BCUT2D eigenvalue weighted by atomic mass is 16.5. The Balaban J connectivity index is 2.08. The fourth-order valence-electron chi connectivity index (χ4n) is 5.62. The Kier molecular flexibility index (Phi) is 9.63. The van der Waals surface area contributed by atoms with Crippen molar-refractivity contribution in [2.24, 2.45) is 5.92 Å². The van der Waals surface area contributed by atoms with Crippen LogP contribution in [0, 0.1) is 11.1 Å². The van der Waals surface area contributed by atoms with Gasteiger partial charge in [-0.1, -0.05) is 48.1 Å². The van der Waals surface area contributed by atoms with Crippen LogP contribution in [0.5, 0.6) is 11.5 Å². The molecule has 3 unspecified atom stereocenters. The van der Waals surface area contributed by atoms with E-state index in [-0.39, 0.29) is 22.4 Å². The Hall–Kier alpha value is -2.60. The fraction of sp³-hybridized carbons (Fsp3) is 0.500. The van der Waals surface area contributed by atoms with Crippen LogP contribution in [0.1, 0.15) is 54.4 Å². The maximum Gasteiger partial charge on any atom is 0.122 e. The van der Waals surface area contributed by atoms with E-state index >= 15 is 0 Å².